The van der Waals surface area contributed by atoms with Crippen LogP contribution in [0.2, 0.25) is 10.0 Å². The molecule has 5 nitrogen and oxygen atoms in total. The maximum Gasteiger partial charge on any atom is 0.305 e. The van der Waals surface area contributed by atoms with Gasteiger partial charge in [0.2, 0.25) is 0 Å². The van der Waals surface area contributed by atoms with E-state index in [9.17, 15) is 4.79 Å². The molecule has 158 valence electrons. The lowest BCUT2D eigenvalue weighted by molar-refractivity contribution is -0.140. The minimum Gasteiger partial charge on any atom is -0.469 e. The summed E-state index contributed by atoms with van der Waals surface area (Å²) in [6.45, 7) is 4.81. The van der Waals surface area contributed by atoms with Gasteiger partial charge < -0.3 is 9.30 Å². The van der Waals surface area contributed by atoms with Gasteiger partial charge in [-0.2, -0.15) is 0 Å². The van der Waals surface area contributed by atoms with Crippen LogP contribution >= 0.6 is 35.0 Å². The molecule has 2 heterocycles. The number of hydrogen-bond donors (Lipinski definition) is 0. The highest BCUT2D eigenvalue weighted by Crippen LogP contribution is 2.37. The van der Waals surface area contributed by atoms with Crippen LogP contribution in [0.15, 0.2) is 52.6 Å². The molecule has 0 aliphatic heterocycles. The van der Waals surface area contributed by atoms with Gasteiger partial charge in [0.15, 0.2) is 0 Å². The van der Waals surface area contributed by atoms with Crippen molar-refractivity contribution in [1.29, 1.82) is 0 Å². The monoisotopic (exact) mass is 463 g/mol. The summed E-state index contributed by atoms with van der Waals surface area (Å²) in [5, 5.41) is 2.17. The van der Waals surface area contributed by atoms with Gasteiger partial charge in [-0.25, -0.2) is 4.98 Å². The van der Waals surface area contributed by atoms with Crippen molar-refractivity contribution >= 4 is 40.9 Å². The highest BCUT2D eigenvalue weighted by molar-refractivity contribution is 7.99. The second kappa shape index (κ2) is 10.3. The molecule has 30 heavy (non-hydrogen) atoms. The fourth-order valence-electron chi connectivity index (χ4n) is 3.03. The zero-order chi connectivity index (χ0) is 21.7. The molecule has 2 aromatic heterocycles. The standard InChI is InChI=1S/C22H23Cl2N3O2S/c1-14(2)21-22(30-18-10-16(23)9-17(24)11-18)27(13-15-5-4-8-25-12-15)19(26-21)6-7-20(28)29-3/h4-5,8-12,14H,6-7,13H2,1-3H3. The van der Waals surface area contributed by atoms with E-state index in [1.165, 1.54) is 7.11 Å². The number of carbonyl (C=O) groups excluding carboxylic acids is 1. The van der Waals surface area contributed by atoms with Gasteiger partial charge in [-0.05, 0) is 35.7 Å². The molecule has 0 amide bonds. The van der Waals surface area contributed by atoms with Gasteiger partial charge in [0, 0.05) is 33.8 Å². The summed E-state index contributed by atoms with van der Waals surface area (Å²) in [7, 11) is 1.40. The van der Waals surface area contributed by atoms with Crippen LogP contribution < -0.4 is 0 Å². The van der Waals surface area contributed by atoms with Crippen LogP contribution in [0.3, 0.4) is 0 Å². The van der Waals surface area contributed by atoms with Crippen molar-refractivity contribution in [3.8, 4) is 0 Å². The quantitative estimate of drug-likeness (QED) is 0.382. The fourth-order valence-corrected chi connectivity index (χ4v) is 4.95. The summed E-state index contributed by atoms with van der Waals surface area (Å²) in [5.74, 6) is 0.783. The molecule has 3 aromatic rings. The zero-order valence-corrected chi connectivity index (χ0v) is 19.4. The van der Waals surface area contributed by atoms with Crippen molar-refractivity contribution in [3.63, 3.8) is 0 Å². The SMILES string of the molecule is COC(=O)CCc1nc(C(C)C)c(Sc2cc(Cl)cc(Cl)c2)n1Cc1cccnc1. The van der Waals surface area contributed by atoms with Crippen molar-refractivity contribution in [2.75, 3.05) is 7.11 Å². The Hall–Kier alpha value is -2.02. The number of ether oxygens (including phenoxy) is 1. The molecule has 1 aromatic carbocycles. The van der Waals surface area contributed by atoms with Crippen LogP contribution in [0.1, 0.15) is 43.3 Å². The van der Waals surface area contributed by atoms with Crippen LogP contribution in [0, 0.1) is 0 Å². The Bertz CT molecular complexity index is 1000. The normalized spacial score (nSPS) is 11.1. The Labute approximate surface area is 190 Å². The van der Waals surface area contributed by atoms with Crippen molar-refractivity contribution < 1.29 is 9.53 Å². The third-order valence-corrected chi connectivity index (χ3v) is 6.00. The van der Waals surface area contributed by atoms with Crippen LogP contribution in [-0.4, -0.2) is 27.6 Å². The number of esters is 1. The van der Waals surface area contributed by atoms with E-state index < -0.39 is 0 Å². The number of benzene rings is 1. The molecule has 0 atom stereocenters. The first-order chi connectivity index (χ1) is 14.4. The van der Waals surface area contributed by atoms with E-state index in [0.717, 1.165) is 27.0 Å². The summed E-state index contributed by atoms with van der Waals surface area (Å²) >= 11 is 14.0. The topological polar surface area (TPSA) is 57.0 Å². The number of aryl methyl sites for hydroxylation is 1. The van der Waals surface area contributed by atoms with E-state index in [-0.39, 0.29) is 18.3 Å². The van der Waals surface area contributed by atoms with E-state index in [4.69, 9.17) is 32.9 Å². The first kappa shape index (κ1) is 22.7. The van der Waals surface area contributed by atoms with Crippen molar-refractivity contribution in [2.45, 2.75) is 49.1 Å². The van der Waals surface area contributed by atoms with Crippen LogP contribution in [0.5, 0.6) is 0 Å². The van der Waals surface area contributed by atoms with Crippen molar-refractivity contribution in [2.24, 2.45) is 0 Å². The molecule has 0 aliphatic carbocycles. The smallest absolute Gasteiger partial charge is 0.305 e. The molecule has 0 saturated carbocycles. The Morgan fingerprint density at radius 1 is 1.23 bits per heavy atom. The second-order valence-corrected chi connectivity index (χ2v) is 9.04. The van der Waals surface area contributed by atoms with Crippen molar-refractivity contribution in [3.05, 3.63) is 69.9 Å². The van der Waals surface area contributed by atoms with Gasteiger partial charge in [0.1, 0.15) is 10.9 Å². The molecule has 0 fully saturated rings. The number of nitrogens with zero attached hydrogens (tertiary/aromatic N) is 3. The van der Waals surface area contributed by atoms with Gasteiger partial charge in [-0.1, -0.05) is 54.9 Å². The first-order valence-corrected chi connectivity index (χ1v) is 11.1. The number of pyridine rings is 1. The lowest BCUT2D eigenvalue weighted by atomic mass is 10.1. The number of methoxy groups -OCH3 is 1. The third-order valence-electron chi connectivity index (χ3n) is 4.47. The summed E-state index contributed by atoms with van der Waals surface area (Å²) in [4.78, 5) is 21.8. The number of carbonyl (C=O) groups is 1. The molecular weight excluding hydrogens is 441 g/mol. The molecule has 0 N–H and O–H groups in total. The van der Waals surface area contributed by atoms with Gasteiger partial charge in [-0.3, -0.25) is 9.78 Å². The summed E-state index contributed by atoms with van der Waals surface area (Å²) in [6, 6.07) is 9.42. The highest BCUT2D eigenvalue weighted by Gasteiger charge is 2.21. The molecule has 8 heteroatoms. The van der Waals surface area contributed by atoms with Gasteiger partial charge in [-0.15, -0.1) is 0 Å². The van der Waals surface area contributed by atoms with E-state index in [1.54, 1.807) is 24.0 Å². The molecule has 0 unspecified atom stereocenters. The molecule has 0 radical (unpaired) electrons. The largest absolute Gasteiger partial charge is 0.469 e. The predicted molar refractivity (Wildman–Crippen MR) is 121 cm³/mol. The number of rotatable bonds is 8. The van der Waals surface area contributed by atoms with Gasteiger partial charge in [0.25, 0.3) is 0 Å². The summed E-state index contributed by atoms with van der Waals surface area (Å²) in [5.41, 5.74) is 2.02. The molecule has 0 saturated heterocycles. The van der Waals surface area contributed by atoms with Gasteiger partial charge >= 0.3 is 5.97 Å². The number of hydrogen-bond acceptors (Lipinski definition) is 5. The fraction of sp³-hybridized carbons (Fsp3) is 0.318. The Kier molecular flexibility index (Phi) is 7.81. The van der Waals surface area contributed by atoms with Crippen LogP contribution in [0.4, 0.5) is 0 Å². The lowest BCUT2D eigenvalue weighted by Gasteiger charge is -2.14. The predicted octanol–water partition coefficient (Wildman–Crippen LogP) is 6.01. The Morgan fingerprint density at radius 2 is 1.97 bits per heavy atom. The third kappa shape index (κ3) is 5.78. The average molecular weight is 464 g/mol. The van der Waals surface area contributed by atoms with Crippen molar-refractivity contribution in [1.82, 2.24) is 14.5 Å². The average Bonchev–Trinajstić information content (AvgIpc) is 3.03. The zero-order valence-electron chi connectivity index (χ0n) is 17.1. The summed E-state index contributed by atoms with van der Waals surface area (Å²) in [6.07, 6.45) is 4.34. The minimum atomic E-state index is -0.257. The molecule has 0 spiro atoms. The Morgan fingerprint density at radius 3 is 2.57 bits per heavy atom. The molecular formula is C22H23Cl2N3O2S. The second-order valence-electron chi connectivity index (χ2n) is 7.10. The Balaban J connectivity index is 2.06. The van der Waals surface area contributed by atoms with Gasteiger partial charge in [0.05, 0.1) is 25.8 Å². The molecule has 0 bridgehead atoms. The number of halogens is 2. The van der Waals surface area contributed by atoms with E-state index >= 15 is 0 Å². The first-order valence-electron chi connectivity index (χ1n) is 9.56. The molecule has 3 rings (SSSR count). The van der Waals surface area contributed by atoms with Crippen LogP contribution in [0.25, 0.3) is 0 Å². The maximum absolute atomic E-state index is 11.7. The van der Waals surface area contributed by atoms with E-state index in [2.05, 4.69) is 23.4 Å². The summed E-state index contributed by atoms with van der Waals surface area (Å²) < 4.78 is 6.96. The lowest BCUT2D eigenvalue weighted by Crippen LogP contribution is -2.10. The maximum atomic E-state index is 11.7. The molecule has 0 aliphatic rings. The number of imidazole rings is 1. The number of aromatic nitrogens is 3. The highest BCUT2D eigenvalue weighted by atomic mass is 35.5. The van der Waals surface area contributed by atoms with E-state index in [1.807, 2.05) is 30.5 Å². The van der Waals surface area contributed by atoms with E-state index in [0.29, 0.717) is 23.0 Å². The minimum absolute atomic E-state index is 0.203. The van der Waals surface area contributed by atoms with Crippen LogP contribution in [-0.2, 0) is 22.5 Å².